The van der Waals surface area contributed by atoms with Crippen molar-refractivity contribution >= 4 is 51.2 Å². The van der Waals surface area contributed by atoms with Crippen molar-refractivity contribution in [3.05, 3.63) is 112 Å². The molecule has 2 amide bonds. The minimum Gasteiger partial charge on any atom is -0.489 e. The molecule has 2 N–H and O–H groups in total. The van der Waals surface area contributed by atoms with Crippen LogP contribution in [0.5, 0.6) is 11.5 Å². The lowest BCUT2D eigenvalue weighted by Crippen LogP contribution is -2.43. The van der Waals surface area contributed by atoms with E-state index < -0.39 is 23.8 Å². The number of carbonyl (C=O) groups is 2. The number of hydrogen-bond donors (Lipinski definition) is 2. The number of nitrogens with one attached hydrogen (secondary N) is 2. The number of carbonyl (C=O) groups excluding carboxylic acids is 2. The predicted octanol–water partition coefficient (Wildman–Crippen LogP) is 8.11. The van der Waals surface area contributed by atoms with E-state index in [2.05, 4.69) is 16.7 Å². The van der Waals surface area contributed by atoms with Crippen LogP contribution in [0.25, 0.3) is 10.9 Å². The lowest BCUT2D eigenvalue weighted by molar-refractivity contribution is -0.133. The van der Waals surface area contributed by atoms with E-state index >= 15 is 0 Å². The van der Waals surface area contributed by atoms with E-state index in [1.165, 1.54) is 9.47 Å². The molecular formula is C46H57N7O6. The van der Waals surface area contributed by atoms with Gasteiger partial charge in [0.15, 0.2) is 11.5 Å². The molecule has 1 heterocycles. The second kappa shape index (κ2) is 19.5. The summed E-state index contributed by atoms with van der Waals surface area (Å²) in [6.45, 7) is 13.6. The first-order valence-electron chi connectivity index (χ1n) is 19.9. The predicted molar refractivity (Wildman–Crippen MR) is 237 cm³/mol. The van der Waals surface area contributed by atoms with Crippen LogP contribution in [-0.2, 0) is 14.3 Å². The first-order chi connectivity index (χ1) is 28.1. The van der Waals surface area contributed by atoms with Gasteiger partial charge in [-0.2, -0.15) is 0 Å². The summed E-state index contributed by atoms with van der Waals surface area (Å²) >= 11 is 0. The standard InChI is InChI=1S/C46H57N7O6/c1-12-40(59-38-23-17-30(6)25-31(38)7)57-27-47-33-20-24-39(58-29(4)5)37(26-33)50-44(54)41(48-32-18-21-34(22-19-32)51(8)9)43-49-36-16-14-13-15-35(36)45(55)53(43)42(28(2)3)46(56)52(10)11/h13-26,28-29,40,42,47H,12,27H2,1-11H3,(H,50,54). The Bertz CT molecular complexity index is 2350. The Balaban J connectivity index is 1.58. The van der Waals surface area contributed by atoms with E-state index in [1.807, 2.05) is 97.8 Å². The van der Waals surface area contributed by atoms with Gasteiger partial charge in [0, 0.05) is 46.0 Å². The number of ether oxygens (including phenoxy) is 3. The lowest BCUT2D eigenvalue weighted by atomic mass is 10.0. The SMILES string of the molecule is CCC(OCNc1ccc(OC(C)C)c(NC(=O)C(=Nc2ccc(N(C)C)cc2)c2nc3ccccc3c(=O)n2C(C(=O)N(C)C)C(C)C)c1)Oc1ccc(C)cc1C. The van der Waals surface area contributed by atoms with Crippen LogP contribution in [0, 0.1) is 19.8 Å². The highest BCUT2D eigenvalue weighted by molar-refractivity contribution is 6.48. The largest absolute Gasteiger partial charge is 0.489 e. The number of benzene rings is 4. The van der Waals surface area contributed by atoms with Gasteiger partial charge in [-0.3, -0.25) is 19.0 Å². The van der Waals surface area contributed by atoms with Crippen molar-refractivity contribution in [3.8, 4) is 11.5 Å². The zero-order valence-corrected chi connectivity index (χ0v) is 36.0. The maximum Gasteiger partial charge on any atom is 0.278 e. The lowest BCUT2D eigenvalue weighted by Gasteiger charge is -2.28. The van der Waals surface area contributed by atoms with Crippen LogP contribution < -0.4 is 30.6 Å². The zero-order chi connectivity index (χ0) is 43.0. The average Bonchev–Trinajstić information content (AvgIpc) is 3.19. The Morgan fingerprint density at radius 3 is 2.19 bits per heavy atom. The topological polar surface area (TPSA) is 140 Å². The number of fused-ring (bicyclic) bond motifs is 1. The molecule has 2 atom stereocenters. The number of aryl methyl sites for hydroxylation is 2. The van der Waals surface area contributed by atoms with Gasteiger partial charge in [-0.1, -0.05) is 50.6 Å². The summed E-state index contributed by atoms with van der Waals surface area (Å²) < 4.78 is 19.7. The van der Waals surface area contributed by atoms with Crippen molar-refractivity contribution in [1.82, 2.24) is 14.5 Å². The number of aliphatic imine (C=N–C) groups is 1. The van der Waals surface area contributed by atoms with Crippen LogP contribution in [0.15, 0.2) is 94.7 Å². The van der Waals surface area contributed by atoms with Crippen molar-refractivity contribution in [2.45, 2.75) is 73.3 Å². The molecule has 1 aromatic heterocycles. The number of amides is 2. The Hall–Kier alpha value is -6.21. The Labute approximate surface area is 347 Å². The number of para-hydroxylation sites is 1. The first-order valence-corrected chi connectivity index (χ1v) is 19.9. The number of rotatable bonds is 17. The van der Waals surface area contributed by atoms with E-state index in [-0.39, 0.29) is 36.2 Å². The maximum atomic E-state index is 14.9. The maximum absolute atomic E-state index is 14.9. The molecule has 0 aliphatic heterocycles. The van der Waals surface area contributed by atoms with Crippen molar-refractivity contribution < 1.29 is 23.8 Å². The fourth-order valence-electron chi connectivity index (χ4n) is 6.49. The van der Waals surface area contributed by atoms with Gasteiger partial charge in [-0.05, 0) is 99.8 Å². The van der Waals surface area contributed by atoms with Crippen LogP contribution in [0.4, 0.5) is 22.7 Å². The summed E-state index contributed by atoms with van der Waals surface area (Å²) in [4.78, 5) is 56.4. The Morgan fingerprint density at radius 1 is 0.864 bits per heavy atom. The third kappa shape index (κ3) is 10.8. The van der Waals surface area contributed by atoms with Crippen LogP contribution in [-0.4, -0.2) is 79.3 Å². The van der Waals surface area contributed by atoms with Crippen molar-refractivity contribution in [3.63, 3.8) is 0 Å². The number of aromatic nitrogens is 2. The van der Waals surface area contributed by atoms with Gasteiger partial charge in [0.05, 0.1) is 28.4 Å². The van der Waals surface area contributed by atoms with Gasteiger partial charge >= 0.3 is 0 Å². The molecule has 0 radical (unpaired) electrons. The van der Waals surface area contributed by atoms with Crippen LogP contribution >= 0.6 is 0 Å². The van der Waals surface area contributed by atoms with Gasteiger partial charge in [0.2, 0.25) is 12.2 Å². The highest BCUT2D eigenvalue weighted by atomic mass is 16.7. The number of hydrogen-bond acceptors (Lipinski definition) is 10. The quantitative estimate of drug-likeness (QED) is 0.0705. The Kier molecular flexibility index (Phi) is 14.5. The minimum atomic E-state index is -1.00. The molecule has 0 fully saturated rings. The first kappa shape index (κ1) is 43.9. The number of likely N-dealkylation sites (N-methyl/N-ethyl adjacent to an activating group) is 1. The molecular weight excluding hydrogens is 747 g/mol. The van der Waals surface area contributed by atoms with Gasteiger partial charge < -0.3 is 34.6 Å². The Morgan fingerprint density at radius 2 is 1.56 bits per heavy atom. The smallest absolute Gasteiger partial charge is 0.278 e. The molecule has 312 valence electrons. The molecule has 5 rings (SSSR count). The molecule has 0 saturated carbocycles. The second-order valence-corrected chi connectivity index (χ2v) is 15.5. The van der Waals surface area contributed by atoms with Gasteiger partial charge in [0.1, 0.15) is 24.3 Å². The third-order valence-corrected chi connectivity index (χ3v) is 9.50. The summed E-state index contributed by atoms with van der Waals surface area (Å²) in [6.07, 6.45) is -0.110. The van der Waals surface area contributed by atoms with Crippen LogP contribution in [0.1, 0.15) is 64.0 Å². The molecule has 0 aliphatic rings. The average molecular weight is 804 g/mol. The van der Waals surface area contributed by atoms with Gasteiger partial charge in [-0.25, -0.2) is 9.98 Å². The van der Waals surface area contributed by atoms with Crippen molar-refractivity contribution in [2.75, 3.05) is 50.5 Å². The molecule has 59 heavy (non-hydrogen) atoms. The molecule has 2 unspecified atom stereocenters. The van der Waals surface area contributed by atoms with E-state index in [4.69, 9.17) is 24.2 Å². The fraction of sp³-hybridized carbons (Fsp3) is 0.370. The number of anilines is 3. The molecule has 13 nitrogen and oxygen atoms in total. The molecule has 0 spiro atoms. The minimum absolute atomic E-state index is 0.0554. The summed E-state index contributed by atoms with van der Waals surface area (Å²) in [5.74, 6) is -0.249. The second-order valence-electron chi connectivity index (χ2n) is 15.5. The van der Waals surface area contributed by atoms with Gasteiger partial charge in [-0.15, -0.1) is 0 Å². The molecule has 13 heteroatoms. The summed E-state index contributed by atoms with van der Waals surface area (Å²) in [6, 6.07) is 24.5. The zero-order valence-electron chi connectivity index (χ0n) is 36.0. The highest BCUT2D eigenvalue weighted by Crippen LogP contribution is 2.31. The summed E-state index contributed by atoms with van der Waals surface area (Å²) in [5, 5.41) is 6.59. The normalized spacial score (nSPS) is 12.7. The summed E-state index contributed by atoms with van der Waals surface area (Å²) in [5.41, 5.74) is 4.22. The fourth-order valence-corrected chi connectivity index (χ4v) is 6.49. The van der Waals surface area contributed by atoms with Crippen molar-refractivity contribution in [1.29, 1.82) is 0 Å². The molecule has 0 aliphatic carbocycles. The molecule has 4 aromatic carbocycles. The van der Waals surface area contributed by atoms with Crippen LogP contribution in [0.2, 0.25) is 0 Å². The number of nitrogens with zero attached hydrogens (tertiary/aromatic N) is 5. The third-order valence-electron chi connectivity index (χ3n) is 9.50. The van der Waals surface area contributed by atoms with E-state index in [1.54, 1.807) is 62.6 Å². The molecule has 0 bridgehead atoms. The highest BCUT2D eigenvalue weighted by Gasteiger charge is 2.33. The van der Waals surface area contributed by atoms with E-state index in [0.717, 1.165) is 22.6 Å². The van der Waals surface area contributed by atoms with Gasteiger partial charge in [0.25, 0.3) is 11.5 Å². The van der Waals surface area contributed by atoms with Crippen LogP contribution in [0.3, 0.4) is 0 Å². The molecule has 0 saturated heterocycles. The molecule has 5 aromatic rings. The van der Waals surface area contributed by atoms with E-state index in [0.29, 0.717) is 40.1 Å². The summed E-state index contributed by atoms with van der Waals surface area (Å²) in [7, 11) is 7.12. The van der Waals surface area contributed by atoms with E-state index in [9.17, 15) is 14.4 Å². The monoisotopic (exact) mass is 803 g/mol. The van der Waals surface area contributed by atoms with Crippen molar-refractivity contribution in [2.24, 2.45) is 10.9 Å².